The SMILES string of the molecule is O=C(C=Cc1ccccc1)OC[C@H]1OC(=O)C(F)(F)[C@H]1OC(=O)C=Cc1ccccc1. The molecular weight excluding hydrogens is 410 g/mol. The van der Waals surface area contributed by atoms with E-state index < -0.39 is 42.6 Å². The molecule has 160 valence electrons. The van der Waals surface area contributed by atoms with Crippen molar-refractivity contribution in [1.29, 1.82) is 0 Å². The number of halogens is 2. The highest BCUT2D eigenvalue weighted by Crippen LogP contribution is 2.34. The van der Waals surface area contributed by atoms with E-state index in [1.165, 1.54) is 12.2 Å². The number of carbonyl (C=O) groups is 3. The second-order valence-electron chi connectivity index (χ2n) is 6.54. The summed E-state index contributed by atoms with van der Waals surface area (Å²) < 4.78 is 42.5. The molecule has 1 saturated heterocycles. The van der Waals surface area contributed by atoms with Crippen LogP contribution in [0.4, 0.5) is 8.78 Å². The molecule has 0 aromatic heterocycles. The summed E-state index contributed by atoms with van der Waals surface area (Å²) in [6.07, 6.45) is 1.06. The Balaban J connectivity index is 1.60. The van der Waals surface area contributed by atoms with Crippen LogP contribution in [0, 0.1) is 0 Å². The Kier molecular flexibility index (Phi) is 6.92. The summed E-state index contributed by atoms with van der Waals surface area (Å²) in [6.45, 7) is -0.695. The molecule has 6 nitrogen and oxygen atoms in total. The number of benzene rings is 2. The number of esters is 3. The maximum absolute atomic E-state index is 14.1. The predicted molar refractivity (Wildman–Crippen MR) is 107 cm³/mol. The lowest BCUT2D eigenvalue weighted by atomic mass is 10.1. The maximum Gasteiger partial charge on any atom is 0.382 e. The second-order valence-corrected chi connectivity index (χ2v) is 6.54. The maximum atomic E-state index is 14.1. The third kappa shape index (κ3) is 5.85. The zero-order chi connectivity index (χ0) is 22.3. The summed E-state index contributed by atoms with van der Waals surface area (Å²) >= 11 is 0. The Morgan fingerprint density at radius 3 is 1.97 bits per heavy atom. The first-order chi connectivity index (χ1) is 14.9. The van der Waals surface area contributed by atoms with Crippen molar-refractivity contribution >= 4 is 30.1 Å². The van der Waals surface area contributed by atoms with Gasteiger partial charge >= 0.3 is 23.8 Å². The van der Waals surface area contributed by atoms with Gasteiger partial charge < -0.3 is 14.2 Å². The van der Waals surface area contributed by atoms with Gasteiger partial charge in [0.25, 0.3) is 0 Å². The molecule has 1 aliphatic rings. The van der Waals surface area contributed by atoms with Crippen LogP contribution in [-0.2, 0) is 28.6 Å². The molecule has 0 aliphatic carbocycles. The zero-order valence-electron chi connectivity index (χ0n) is 16.2. The molecule has 3 rings (SSSR count). The molecule has 8 heteroatoms. The molecule has 31 heavy (non-hydrogen) atoms. The lowest BCUT2D eigenvalue weighted by molar-refractivity contribution is -0.170. The highest BCUT2D eigenvalue weighted by molar-refractivity contribution is 5.89. The number of hydrogen-bond acceptors (Lipinski definition) is 6. The molecular formula is C23H18F2O6. The van der Waals surface area contributed by atoms with Gasteiger partial charge in [0.2, 0.25) is 6.10 Å². The number of alkyl halides is 2. The molecule has 0 radical (unpaired) electrons. The monoisotopic (exact) mass is 428 g/mol. The number of hydrogen-bond donors (Lipinski definition) is 0. The van der Waals surface area contributed by atoms with Crippen molar-refractivity contribution in [2.24, 2.45) is 0 Å². The van der Waals surface area contributed by atoms with Crippen LogP contribution in [0.5, 0.6) is 0 Å². The van der Waals surface area contributed by atoms with Crippen molar-refractivity contribution in [1.82, 2.24) is 0 Å². The summed E-state index contributed by atoms with van der Waals surface area (Å²) in [4.78, 5) is 35.3. The van der Waals surface area contributed by atoms with Gasteiger partial charge in [0.05, 0.1) is 0 Å². The van der Waals surface area contributed by atoms with Crippen molar-refractivity contribution in [2.45, 2.75) is 18.1 Å². The van der Waals surface area contributed by atoms with E-state index in [0.29, 0.717) is 5.56 Å². The van der Waals surface area contributed by atoms with Gasteiger partial charge in [0.15, 0.2) is 6.10 Å². The van der Waals surface area contributed by atoms with Crippen LogP contribution in [0.3, 0.4) is 0 Å². The summed E-state index contributed by atoms with van der Waals surface area (Å²) in [5.74, 6) is -7.83. The van der Waals surface area contributed by atoms with Crippen molar-refractivity contribution in [2.75, 3.05) is 6.61 Å². The van der Waals surface area contributed by atoms with E-state index in [2.05, 4.69) is 4.74 Å². The molecule has 0 amide bonds. The lowest BCUT2D eigenvalue weighted by Gasteiger charge is -2.19. The quantitative estimate of drug-likeness (QED) is 0.382. The van der Waals surface area contributed by atoms with E-state index >= 15 is 0 Å². The Hall–Kier alpha value is -3.81. The van der Waals surface area contributed by atoms with Gasteiger partial charge in [-0.1, -0.05) is 60.7 Å². The van der Waals surface area contributed by atoms with Gasteiger partial charge in [-0.25, -0.2) is 14.4 Å². The van der Waals surface area contributed by atoms with E-state index in [1.54, 1.807) is 60.7 Å². The van der Waals surface area contributed by atoms with Gasteiger partial charge in [-0.15, -0.1) is 0 Å². The minimum atomic E-state index is -4.06. The first-order valence-electron chi connectivity index (χ1n) is 9.29. The van der Waals surface area contributed by atoms with Crippen LogP contribution in [0.25, 0.3) is 12.2 Å². The smallest absolute Gasteiger partial charge is 0.382 e. The van der Waals surface area contributed by atoms with E-state index in [4.69, 9.17) is 9.47 Å². The second kappa shape index (κ2) is 9.80. The van der Waals surface area contributed by atoms with Crippen molar-refractivity contribution in [3.8, 4) is 0 Å². The number of rotatable bonds is 7. The van der Waals surface area contributed by atoms with E-state index in [9.17, 15) is 23.2 Å². The lowest BCUT2D eigenvalue weighted by Crippen LogP contribution is -2.43. The zero-order valence-corrected chi connectivity index (χ0v) is 16.2. The van der Waals surface area contributed by atoms with Gasteiger partial charge in [-0.05, 0) is 23.3 Å². The molecule has 0 saturated carbocycles. The Bertz CT molecular complexity index is 986. The largest absolute Gasteiger partial charge is 0.458 e. The number of carbonyl (C=O) groups excluding carboxylic acids is 3. The van der Waals surface area contributed by atoms with Crippen LogP contribution >= 0.6 is 0 Å². The normalized spacial score (nSPS) is 20.0. The first kappa shape index (κ1) is 21.9. The van der Waals surface area contributed by atoms with Gasteiger partial charge in [0.1, 0.15) is 6.61 Å². The Labute approximate surface area is 176 Å². The van der Waals surface area contributed by atoms with Gasteiger partial charge in [-0.2, -0.15) is 8.78 Å². The van der Waals surface area contributed by atoms with Crippen LogP contribution < -0.4 is 0 Å². The van der Waals surface area contributed by atoms with Gasteiger partial charge in [0, 0.05) is 12.2 Å². The molecule has 1 heterocycles. The fraction of sp³-hybridized carbons (Fsp3) is 0.174. The molecule has 0 unspecified atom stereocenters. The molecule has 1 fully saturated rings. The number of cyclic esters (lactones) is 1. The standard InChI is InChI=1S/C23H18F2O6/c24-23(25)21(31-20(27)14-12-17-9-5-2-6-10-17)18(30-22(23)28)15-29-19(26)13-11-16-7-3-1-4-8-16/h1-14,18,21H,15H2/t18-,21+/m1/s1. The minimum absolute atomic E-state index is 0.653. The van der Waals surface area contributed by atoms with E-state index in [0.717, 1.165) is 17.7 Å². The highest BCUT2D eigenvalue weighted by Gasteiger charge is 2.62. The average Bonchev–Trinajstić information content (AvgIpc) is 2.99. The van der Waals surface area contributed by atoms with Gasteiger partial charge in [-0.3, -0.25) is 0 Å². The molecule has 0 spiro atoms. The van der Waals surface area contributed by atoms with Crippen LogP contribution in [-0.4, -0.2) is 42.6 Å². The Morgan fingerprint density at radius 1 is 0.903 bits per heavy atom. The van der Waals surface area contributed by atoms with E-state index in [1.807, 2.05) is 0 Å². The molecule has 2 atom stereocenters. The summed E-state index contributed by atoms with van der Waals surface area (Å²) in [5.41, 5.74) is 1.39. The van der Waals surface area contributed by atoms with Crippen molar-refractivity contribution in [3.05, 3.63) is 83.9 Å². The van der Waals surface area contributed by atoms with E-state index in [-0.39, 0.29) is 0 Å². The highest BCUT2D eigenvalue weighted by atomic mass is 19.3. The first-order valence-corrected chi connectivity index (χ1v) is 9.29. The van der Waals surface area contributed by atoms with Crippen LogP contribution in [0.15, 0.2) is 72.8 Å². The molecule has 2 aromatic carbocycles. The average molecular weight is 428 g/mol. The fourth-order valence-electron chi connectivity index (χ4n) is 2.73. The third-order valence-corrected chi connectivity index (χ3v) is 4.28. The molecule has 2 aromatic rings. The fourth-order valence-corrected chi connectivity index (χ4v) is 2.73. The molecule has 0 N–H and O–H groups in total. The van der Waals surface area contributed by atoms with Crippen molar-refractivity contribution in [3.63, 3.8) is 0 Å². The van der Waals surface area contributed by atoms with Crippen LogP contribution in [0.1, 0.15) is 11.1 Å². The summed E-state index contributed by atoms with van der Waals surface area (Å²) in [5, 5.41) is 0. The summed E-state index contributed by atoms with van der Waals surface area (Å²) in [7, 11) is 0. The van der Waals surface area contributed by atoms with Crippen LogP contribution in [0.2, 0.25) is 0 Å². The molecule has 0 bridgehead atoms. The topological polar surface area (TPSA) is 78.9 Å². The summed E-state index contributed by atoms with van der Waals surface area (Å²) in [6, 6.07) is 17.5. The predicted octanol–water partition coefficient (Wildman–Crippen LogP) is 3.43. The third-order valence-electron chi connectivity index (χ3n) is 4.28. The molecule has 1 aliphatic heterocycles. The van der Waals surface area contributed by atoms with Crippen molar-refractivity contribution < 1.29 is 37.4 Å². The number of ether oxygens (including phenoxy) is 3. The minimum Gasteiger partial charge on any atom is -0.458 e. The Morgan fingerprint density at radius 2 is 1.42 bits per heavy atom.